The van der Waals surface area contributed by atoms with Crippen LogP contribution >= 0.6 is 0 Å². The van der Waals surface area contributed by atoms with Crippen LogP contribution < -0.4 is 26.3 Å². The Labute approximate surface area is 144 Å². The summed E-state index contributed by atoms with van der Waals surface area (Å²) >= 11 is 0. The minimum absolute atomic E-state index is 0.345. The molecule has 2 aromatic heterocycles. The number of hydrazone groups is 1. The van der Waals surface area contributed by atoms with Crippen molar-refractivity contribution in [3.05, 3.63) is 41.3 Å². The number of rotatable bonds is 4. The molecule has 25 heavy (non-hydrogen) atoms. The van der Waals surface area contributed by atoms with Gasteiger partial charge >= 0.3 is 0 Å². The zero-order chi connectivity index (χ0) is 17.1. The third kappa shape index (κ3) is 3.48. The van der Waals surface area contributed by atoms with Crippen LogP contribution in [0, 0.1) is 0 Å². The molecule has 0 bridgehead atoms. The highest BCUT2D eigenvalue weighted by molar-refractivity contribution is 5.84. The van der Waals surface area contributed by atoms with Crippen molar-refractivity contribution >= 4 is 24.2 Å². The lowest BCUT2D eigenvalue weighted by Gasteiger charge is -2.33. The van der Waals surface area contributed by atoms with Gasteiger partial charge in [0.2, 0.25) is 5.90 Å². The molecule has 0 radical (unpaired) electrons. The van der Waals surface area contributed by atoms with Crippen LogP contribution in [0.2, 0.25) is 0 Å². The zero-order valence-electron chi connectivity index (χ0n) is 13.8. The van der Waals surface area contributed by atoms with E-state index >= 15 is 0 Å². The van der Waals surface area contributed by atoms with Crippen LogP contribution in [-0.2, 0) is 4.74 Å². The van der Waals surface area contributed by atoms with E-state index in [1.807, 2.05) is 12.1 Å². The van der Waals surface area contributed by atoms with Crippen LogP contribution in [0.4, 0.5) is 5.82 Å². The molecule has 4 rings (SSSR count). The molecule has 4 heterocycles. The molecule has 0 aromatic carbocycles. The van der Waals surface area contributed by atoms with Gasteiger partial charge in [-0.3, -0.25) is 0 Å². The Morgan fingerprint density at radius 1 is 1.40 bits per heavy atom. The largest absolute Gasteiger partial charge is 0.459 e. The van der Waals surface area contributed by atoms with E-state index in [0.717, 1.165) is 37.0 Å². The summed E-state index contributed by atoms with van der Waals surface area (Å²) in [6.45, 7) is 6.32. The van der Waals surface area contributed by atoms with Gasteiger partial charge in [0.15, 0.2) is 11.2 Å². The summed E-state index contributed by atoms with van der Waals surface area (Å²) in [4.78, 5) is 2.25. The molecule has 8 heteroatoms. The minimum Gasteiger partial charge on any atom is -0.459 e. The fourth-order valence-corrected chi connectivity index (χ4v) is 3.03. The van der Waals surface area contributed by atoms with Crippen LogP contribution in [0.5, 0.6) is 0 Å². The standard InChI is InChI=1S/C17H20N6O2/c1-12-6-9-24-16(12)17-22-21-15(25-17)10-18-13-4-3-8-23(11-13)14-5-2-7-19-20-14/h2,5-7,9,13,18,22H,1,3-4,8,10-11H2. The first kappa shape index (κ1) is 15.6. The average Bonchev–Trinajstić information content (AvgIpc) is 3.29. The molecular formula is C17H20N6O2. The average molecular weight is 340 g/mol. The van der Waals surface area contributed by atoms with Crippen molar-refractivity contribution in [1.82, 2.24) is 20.9 Å². The highest BCUT2D eigenvalue weighted by Gasteiger charge is 2.22. The second kappa shape index (κ2) is 6.94. The number of hydrogen-bond donors (Lipinski definition) is 2. The fraction of sp³-hybridized carbons (Fsp3) is 0.353. The second-order valence-corrected chi connectivity index (χ2v) is 6.07. The van der Waals surface area contributed by atoms with Crippen LogP contribution in [0.1, 0.15) is 12.8 Å². The summed E-state index contributed by atoms with van der Waals surface area (Å²) < 4.78 is 11.1. The first-order valence-corrected chi connectivity index (χ1v) is 8.33. The molecule has 0 spiro atoms. The molecule has 1 unspecified atom stereocenters. The molecule has 1 atom stereocenters. The summed E-state index contributed by atoms with van der Waals surface area (Å²) in [6.07, 6.45) is 5.48. The topological polar surface area (TPSA) is 87.8 Å². The van der Waals surface area contributed by atoms with Crippen molar-refractivity contribution in [2.45, 2.75) is 18.9 Å². The molecule has 1 fully saturated rings. The maximum absolute atomic E-state index is 5.71. The first-order chi connectivity index (χ1) is 12.3. The molecule has 2 aliphatic heterocycles. The minimum atomic E-state index is 0.345. The van der Waals surface area contributed by atoms with Crippen molar-refractivity contribution < 1.29 is 9.15 Å². The van der Waals surface area contributed by atoms with Crippen LogP contribution in [0.3, 0.4) is 0 Å². The summed E-state index contributed by atoms with van der Waals surface area (Å²) in [5.74, 6) is 1.99. The van der Waals surface area contributed by atoms with E-state index in [2.05, 4.69) is 37.5 Å². The Balaban J connectivity index is 1.33. The molecule has 0 amide bonds. The molecule has 2 N–H and O–H groups in total. The van der Waals surface area contributed by atoms with Gasteiger partial charge in [-0.2, -0.15) is 5.10 Å². The van der Waals surface area contributed by atoms with Gasteiger partial charge in [0.1, 0.15) is 0 Å². The molecular weight excluding hydrogens is 320 g/mol. The van der Waals surface area contributed by atoms with Crippen LogP contribution in [0.15, 0.2) is 40.2 Å². The van der Waals surface area contributed by atoms with Crippen molar-refractivity contribution in [1.29, 1.82) is 0 Å². The fourth-order valence-electron chi connectivity index (χ4n) is 3.03. The monoisotopic (exact) mass is 340 g/mol. The summed E-state index contributed by atoms with van der Waals surface area (Å²) in [6, 6.07) is 6.03. The third-order valence-electron chi connectivity index (χ3n) is 4.30. The third-order valence-corrected chi connectivity index (χ3v) is 4.30. The number of hydrogen-bond acceptors (Lipinski definition) is 8. The summed E-state index contributed by atoms with van der Waals surface area (Å²) in [7, 11) is 0. The predicted octanol–water partition coefficient (Wildman–Crippen LogP) is -0.262. The number of aromatic nitrogens is 2. The van der Waals surface area contributed by atoms with E-state index in [4.69, 9.17) is 9.15 Å². The maximum atomic E-state index is 5.71. The maximum Gasteiger partial charge on any atom is 0.259 e. The van der Waals surface area contributed by atoms with Crippen molar-refractivity contribution in [2.75, 3.05) is 24.5 Å². The Hall–Kier alpha value is -2.87. The Bertz CT molecular complexity index is 863. The number of anilines is 1. The van der Waals surface area contributed by atoms with E-state index in [1.54, 1.807) is 18.5 Å². The first-order valence-electron chi connectivity index (χ1n) is 8.33. The lowest BCUT2D eigenvalue weighted by Crippen LogP contribution is -2.47. The Kier molecular flexibility index (Phi) is 4.34. The van der Waals surface area contributed by atoms with Gasteiger partial charge in [0.25, 0.3) is 5.88 Å². The van der Waals surface area contributed by atoms with Gasteiger partial charge in [-0.15, -0.1) is 10.2 Å². The highest BCUT2D eigenvalue weighted by Crippen LogP contribution is 2.16. The van der Waals surface area contributed by atoms with Crippen LogP contribution in [-0.4, -0.2) is 41.8 Å². The lowest BCUT2D eigenvalue weighted by molar-refractivity contribution is 0.414. The van der Waals surface area contributed by atoms with E-state index in [0.29, 0.717) is 29.8 Å². The Morgan fingerprint density at radius 2 is 2.36 bits per heavy atom. The number of nitrogens with one attached hydrogen (secondary N) is 2. The van der Waals surface area contributed by atoms with Gasteiger partial charge in [0, 0.05) is 30.5 Å². The molecule has 0 saturated carbocycles. The number of ether oxygens (including phenoxy) is 1. The molecule has 2 aliphatic rings. The molecule has 0 aliphatic carbocycles. The van der Waals surface area contributed by atoms with Gasteiger partial charge in [0.05, 0.1) is 12.8 Å². The smallest absolute Gasteiger partial charge is 0.259 e. The predicted molar refractivity (Wildman–Crippen MR) is 93.8 cm³/mol. The molecule has 1 saturated heterocycles. The second-order valence-electron chi connectivity index (χ2n) is 6.07. The van der Waals surface area contributed by atoms with E-state index in [9.17, 15) is 0 Å². The molecule has 130 valence electrons. The van der Waals surface area contributed by atoms with E-state index < -0.39 is 0 Å². The van der Waals surface area contributed by atoms with Crippen molar-refractivity contribution in [2.24, 2.45) is 5.10 Å². The van der Waals surface area contributed by atoms with Crippen LogP contribution in [0.25, 0.3) is 12.5 Å². The van der Waals surface area contributed by atoms with Crippen molar-refractivity contribution in [3.8, 4) is 0 Å². The van der Waals surface area contributed by atoms with E-state index in [-0.39, 0.29) is 0 Å². The zero-order valence-corrected chi connectivity index (χ0v) is 13.8. The molecule has 8 nitrogen and oxygen atoms in total. The van der Waals surface area contributed by atoms with Gasteiger partial charge in [-0.05, 0) is 31.0 Å². The Morgan fingerprint density at radius 3 is 3.16 bits per heavy atom. The SMILES string of the molecule is C=c1ccoc1=C1NN=C(CNC2CCCN(c3cccnn3)C2)O1. The normalized spacial score (nSPS) is 22.3. The van der Waals surface area contributed by atoms with E-state index in [1.165, 1.54) is 0 Å². The van der Waals surface area contributed by atoms with Gasteiger partial charge in [-0.1, -0.05) is 6.58 Å². The quantitative estimate of drug-likeness (QED) is 0.793. The summed E-state index contributed by atoms with van der Waals surface area (Å²) in [5.41, 5.74) is 3.43. The summed E-state index contributed by atoms with van der Waals surface area (Å²) in [5, 5.41) is 16.6. The lowest BCUT2D eigenvalue weighted by atomic mass is 10.1. The number of nitrogens with zero attached hydrogens (tertiary/aromatic N) is 4. The van der Waals surface area contributed by atoms with Gasteiger partial charge < -0.3 is 19.4 Å². The number of piperidine rings is 1. The van der Waals surface area contributed by atoms with Crippen molar-refractivity contribution in [3.63, 3.8) is 0 Å². The highest BCUT2D eigenvalue weighted by atomic mass is 16.5. The van der Waals surface area contributed by atoms with Gasteiger partial charge in [-0.25, -0.2) is 5.43 Å². The number of furan rings is 1. The molecule has 2 aromatic rings.